The first kappa shape index (κ1) is 31.9. The number of ether oxygens (including phenoxy) is 3. The zero-order valence-electron chi connectivity index (χ0n) is 25.8. The summed E-state index contributed by atoms with van der Waals surface area (Å²) in [6, 6.07) is 14.5. The van der Waals surface area contributed by atoms with E-state index in [0.717, 1.165) is 64.7 Å². The Morgan fingerprint density at radius 3 is 2.39 bits per heavy atom. The van der Waals surface area contributed by atoms with E-state index in [1.165, 1.54) is 5.56 Å². The van der Waals surface area contributed by atoms with Gasteiger partial charge in [0.1, 0.15) is 11.4 Å². The molecule has 0 fully saturated rings. The summed E-state index contributed by atoms with van der Waals surface area (Å²) in [7, 11) is 0. The number of esters is 1. The minimum absolute atomic E-state index is 0.145. The summed E-state index contributed by atoms with van der Waals surface area (Å²) < 4.78 is 16.7. The summed E-state index contributed by atoms with van der Waals surface area (Å²) >= 11 is 0. The zero-order chi connectivity index (χ0) is 30.0. The minimum Gasteiger partial charge on any atom is -0.494 e. The molecule has 222 valence electrons. The van der Waals surface area contributed by atoms with Gasteiger partial charge in [0.2, 0.25) is 0 Å². The lowest BCUT2D eigenvalue weighted by Crippen LogP contribution is -2.32. The van der Waals surface area contributed by atoms with Gasteiger partial charge < -0.3 is 19.5 Å². The number of hydrogen-bond acceptors (Lipinski definition) is 6. The van der Waals surface area contributed by atoms with Gasteiger partial charge in [-0.05, 0) is 95.5 Å². The molecule has 0 aliphatic rings. The van der Waals surface area contributed by atoms with Gasteiger partial charge in [0.15, 0.2) is 0 Å². The third-order valence-electron chi connectivity index (χ3n) is 6.49. The molecule has 1 N–H and O–H groups in total. The van der Waals surface area contributed by atoms with Crippen LogP contribution in [0.5, 0.6) is 5.75 Å². The van der Waals surface area contributed by atoms with Crippen molar-refractivity contribution >= 4 is 23.0 Å². The number of alkyl carbamates (subject to hydrolysis) is 1. The predicted molar refractivity (Wildman–Crippen MR) is 164 cm³/mol. The molecule has 2 aromatic carbocycles. The van der Waals surface area contributed by atoms with Gasteiger partial charge in [-0.25, -0.2) is 4.79 Å². The standard InChI is InChI=1S/C34H46N2O5/c1-8-39-31(37)12-10-9-11-19-40-26-17-18-29-27(21-26)32(25-15-13-24(4)14-16-25)28(30(36-29)20-23(2)3)22-35-33(38)41-34(5,6)7/h13-18,21,23H,8-12,19-20,22H2,1-7H3,(H,35,38). The Balaban J connectivity index is 1.94. The summed E-state index contributed by atoms with van der Waals surface area (Å²) in [6.45, 7) is 15.1. The molecular weight excluding hydrogens is 516 g/mol. The molecule has 0 aliphatic carbocycles. The minimum atomic E-state index is -0.586. The maximum Gasteiger partial charge on any atom is 0.407 e. The van der Waals surface area contributed by atoms with Gasteiger partial charge in [-0.1, -0.05) is 43.7 Å². The molecule has 3 rings (SSSR count). The van der Waals surface area contributed by atoms with E-state index in [4.69, 9.17) is 19.2 Å². The van der Waals surface area contributed by atoms with Crippen LogP contribution in [0.4, 0.5) is 4.79 Å². The van der Waals surface area contributed by atoms with Gasteiger partial charge >= 0.3 is 12.1 Å². The number of unbranched alkanes of at least 4 members (excludes halogenated alkanes) is 2. The molecule has 1 amide bonds. The van der Waals surface area contributed by atoms with E-state index in [2.05, 4.69) is 50.4 Å². The van der Waals surface area contributed by atoms with Crippen molar-refractivity contribution in [1.82, 2.24) is 10.3 Å². The van der Waals surface area contributed by atoms with Crippen molar-refractivity contribution in [1.29, 1.82) is 0 Å². The third kappa shape index (κ3) is 10.1. The van der Waals surface area contributed by atoms with Gasteiger partial charge in [-0.15, -0.1) is 0 Å². The molecule has 0 radical (unpaired) electrons. The Labute approximate surface area is 245 Å². The quantitative estimate of drug-likeness (QED) is 0.168. The van der Waals surface area contributed by atoms with Crippen LogP contribution in [-0.4, -0.2) is 35.9 Å². The largest absolute Gasteiger partial charge is 0.494 e. The number of aryl methyl sites for hydroxylation is 1. The highest BCUT2D eigenvalue weighted by Crippen LogP contribution is 2.36. The third-order valence-corrected chi connectivity index (χ3v) is 6.49. The summed E-state index contributed by atoms with van der Waals surface area (Å²) in [6.07, 6.45) is 3.29. The van der Waals surface area contributed by atoms with Crippen molar-refractivity contribution in [3.63, 3.8) is 0 Å². The fourth-order valence-electron chi connectivity index (χ4n) is 4.66. The highest BCUT2D eigenvalue weighted by Gasteiger charge is 2.21. The summed E-state index contributed by atoms with van der Waals surface area (Å²) in [4.78, 5) is 29.3. The molecule has 3 aromatic rings. The van der Waals surface area contributed by atoms with Crippen LogP contribution < -0.4 is 10.1 Å². The van der Waals surface area contributed by atoms with Crippen LogP contribution in [0.2, 0.25) is 0 Å². The normalized spacial score (nSPS) is 11.5. The molecule has 0 saturated carbocycles. The molecule has 7 heteroatoms. The number of aromatic nitrogens is 1. The first-order chi connectivity index (χ1) is 19.5. The summed E-state index contributed by atoms with van der Waals surface area (Å²) in [5.74, 6) is 1.01. The molecule has 41 heavy (non-hydrogen) atoms. The van der Waals surface area contributed by atoms with E-state index in [0.29, 0.717) is 32.1 Å². The van der Waals surface area contributed by atoms with E-state index in [1.807, 2.05) is 45.9 Å². The number of fused-ring (bicyclic) bond motifs is 1. The number of amides is 1. The number of carbonyl (C=O) groups is 2. The number of carbonyl (C=O) groups excluding carboxylic acids is 2. The van der Waals surface area contributed by atoms with Gasteiger partial charge in [0, 0.05) is 29.6 Å². The van der Waals surface area contributed by atoms with Crippen molar-refractivity contribution in [3.05, 3.63) is 59.3 Å². The second-order valence-electron chi connectivity index (χ2n) is 11.9. The van der Waals surface area contributed by atoms with E-state index >= 15 is 0 Å². The lowest BCUT2D eigenvalue weighted by molar-refractivity contribution is -0.143. The Morgan fingerprint density at radius 2 is 1.73 bits per heavy atom. The first-order valence-corrected chi connectivity index (χ1v) is 14.7. The van der Waals surface area contributed by atoms with Gasteiger partial charge in [-0.3, -0.25) is 9.78 Å². The van der Waals surface area contributed by atoms with Crippen molar-refractivity contribution in [2.45, 2.75) is 92.7 Å². The van der Waals surface area contributed by atoms with Crippen LogP contribution in [0.25, 0.3) is 22.0 Å². The number of nitrogens with zero attached hydrogens (tertiary/aromatic N) is 1. The van der Waals surface area contributed by atoms with Crippen LogP contribution >= 0.6 is 0 Å². The lowest BCUT2D eigenvalue weighted by Gasteiger charge is -2.22. The van der Waals surface area contributed by atoms with Crippen molar-refractivity contribution in [2.75, 3.05) is 13.2 Å². The molecular formula is C34H46N2O5. The number of benzene rings is 2. The second kappa shape index (κ2) is 14.9. The maximum atomic E-state index is 12.6. The Hall–Kier alpha value is -3.61. The van der Waals surface area contributed by atoms with Crippen LogP contribution in [0, 0.1) is 12.8 Å². The lowest BCUT2D eigenvalue weighted by atomic mass is 9.91. The Morgan fingerprint density at radius 1 is 1.00 bits per heavy atom. The highest BCUT2D eigenvalue weighted by atomic mass is 16.6. The molecule has 0 unspecified atom stereocenters. The number of pyridine rings is 1. The zero-order valence-corrected chi connectivity index (χ0v) is 25.8. The maximum absolute atomic E-state index is 12.6. The number of nitrogens with one attached hydrogen (secondary N) is 1. The van der Waals surface area contributed by atoms with Gasteiger partial charge in [0.25, 0.3) is 0 Å². The van der Waals surface area contributed by atoms with Crippen LogP contribution in [0.1, 0.15) is 84.0 Å². The molecule has 0 atom stereocenters. The van der Waals surface area contributed by atoms with E-state index in [9.17, 15) is 9.59 Å². The molecule has 7 nitrogen and oxygen atoms in total. The number of hydrogen-bond donors (Lipinski definition) is 1. The molecule has 0 spiro atoms. The highest BCUT2D eigenvalue weighted by molar-refractivity contribution is 5.97. The van der Waals surface area contributed by atoms with Crippen LogP contribution in [0.3, 0.4) is 0 Å². The van der Waals surface area contributed by atoms with Crippen LogP contribution in [0.15, 0.2) is 42.5 Å². The fourth-order valence-corrected chi connectivity index (χ4v) is 4.66. The molecule has 1 aromatic heterocycles. The van der Waals surface area contributed by atoms with E-state index < -0.39 is 11.7 Å². The average Bonchev–Trinajstić information content (AvgIpc) is 2.88. The smallest absolute Gasteiger partial charge is 0.407 e. The van der Waals surface area contributed by atoms with Crippen LogP contribution in [-0.2, 0) is 27.2 Å². The van der Waals surface area contributed by atoms with Crippen molar-refractivity contribution in [3.8, 4) is 16.9 Å². The fraction of sp³-hybridized carbons (Fsp3) is 0.500. The Kier molecular flexibility index (Phi) is 11.6. The first-order valence-electron chi connectivity index (χ1n) is 14.7. The second-order valence-corrected chi connectivity index (χ2v) is 11.9. The monoisotopic (exact) mass is 562 g/mol. The molecule has 1 heterocycles. The van der Waals surface area contributed by atoms with Gasteiger partial charge in [-0.2, -0.15) is 0 Å². The summed E-state index contributed by atoms with van der Waals surface area (Å²) in [5, 5.41) is 3.95. The van der Waals surface area contributed by atoms with Crippen molar-refractivity contribution < 1.29 is 23.8 Å². The topological polar surface area (TPSA) is 86.8 Å². The van der Waals surface area contributed by atoms with E-state index in [-0.39, 0.29) is 5.97 Å². The molecule has 0 bridgehead atoms. The predicted octanol–water partition coefficient (Wildman–Crippen LogP) is 7.94. The summed E-state index contributed by atoms with van der Waals surface area (Å²) in [5.41, 5.74) is 5.53. The van der Waals surface area contributed by atoms with Gasteiger partial charge in [0.05, 0.1) is 18.7 Å². The Bertz CT molecular complexity index is 1310. The average molecular weight is 563 g/mol. The molecule has 0 aliphatic heterocycles. The molecule has 0 saturated heterocycles. The number of rotatable bonds is 13. The van der Waals surface area contributed by atoms with Crippen molar-refractivity contribution in [2.24, 2.45) is 5.92 Å². The SMILES string of the molecule is CCOC(=O)CCCCCOc1ccc2nc(CC(C)C)c(CNC(=O)OC(C)(C)C)c(-c3ccc(C)cc3)c2c1. The van der Waals surface area contributed by atoms with E-state index in [1.54, 1.807) is 0 Å².